The minimum atomic E-state index is -2.77. The van der Waals surface area contributed by atoms with Crippen LogP contribution in [0.5, 0.6) is 5.75 Å². The van der Waals surface area contributed by atoms with Crippen molar-refractivity contribution in [2.45, 2.75) is 38.3 Å². The van der Waals surface area contributed by atoms with Crippen molar-refractivity contribution in [3.8, 4) is 16.9 Å². The van der Waals surface area contributed by atoms with Crippen molar-refractivity contribution in [2.24, 2.45) is 16.6 Å². The number of aliphatic hydroxyl groups excluding tert-OH is 2. The van der Waals surface area contributed by atoms with E-state index < -0.39 is 62.8 Å². The third-order valence-electron chi connectivity index (χ3n) is 8.49. The van der Waals surface area contributed by atoms with E-state index in [0.717, 1.165) is 0 Å². The fourth-order valence-electron chi connectivity index (χ4n) is 7.09. The van der Waals surface area contributed by atoms with E-state index in [9.17, 15) is 34.8 Å². The van der Waals surface area contributed by atoms with E-state index in [2.05, 4.69) is 0 Å². The topological polar surface area (TPSA) is 201 Å². The second-order valence-corrected chi connectivity index (χ2v) is 11.1. The summed E-state index contributed by atoms with van der Waals surface area (Å²) in [5.74, 6) is -5.42. The molecule has 3 aliphatic rings. The fraction of sp³-hybridized carbons (Fsp3) is 0.370. The molecule has 0 spiro atoms. The van der Waals surface area contributed by atoms with Gasteiger partial charge in [-0.2, -0.15) is 0 Å². The van der Waals surface area contributed by atoms with Crippen LogP contribution in [0.3, 0.4) is 0 Å². The Morgan fingerprint density at radius 1 is 1.18 bits per heavy atom. The number of nitrogens with two attached hydrogens (primary N) is 2. The number of primary amides is 1. The lowest BCUT2D eigenvalue weighted by Crippen LogP contribution is -2.72. The summed E-state index contributed by atoms with van der Waals surface area (Å²) in [6.45, 7) is 3.20. The molecule has 5 rings (SSSR count). The third kappa shape index (κ3) is 2.88. The number of hydrogen-bond donors (Lipinski definition) is 6. The van der Waals surface area contributed by atoms with Gasteiger partial charge in [0.05, 0.1) is 29.8 Å². The van der Waals surface area contributed by atoms with E-state index in [0.29, 0.717) is 16.7 Å². The number of furan rings is 1. The first-order chi connectivity index (χ1) is 17.6. The molecule has 2 aromatic rings. The number of phenolic OH excluding ortho intramolecular Hbond substituents is 1. The van der Waals surface area contributed by atoms with E-state index in [-0.39, 0.29) is 29.7 Å². The summed E-state index contributed by atoms with van der Waals surface area (Å²) >= 11 is 0. The normalized spacial score (nSPS) is 30.8. The van der Waals surface area contributed by atoms with Gasteiger partial charge in [0.2, 0.25) is 5.78 Å². The van der Waals surface area contributed by atoms with Gasteiger partial charge in [0.25, 0.3) is 5.91 Å². The number of Topliss-reactive ketones (excluding diaryl/α,β-unsaturated/α-hetero) is 2. The zero-order chi connectivity index (χ0) is 28.1. The van der Waals surface area contributed by atoms with Crippen LogP contribution < -0.4 is 11.5 Å². The number of aromatic hydroxyl groups is 1. The predicted octanol–water partition coefficient (Wildman–Crippen LogP) is 1.59. The molecule has 0 saturated heterocycles. The van der Waals surface area contributed by atoms with E-state index in [1.54, 1.807) is 33.2 Å². The largest absolute Gasteiger partial charge is 0.508 e. The van der Waals surface area contributed by atoms with Crippen molar-refractivity contribution >= 4 is 28.9 Å². The minimum Gasteiger partial charge on any atom is -0.508 e. The lowest BCUT2D eigenvalue weighted by molar-refractivity contribution is -0.175. The second kappa shape index (κ2) is 7.71. The van der Waals surface area contributed by atoms with Gasteiger partial charge in [-0.25, -0.2) is 0 Å². The van der Waals surface area contributed by atoms with E-state index >= 15 is 0 Å². The van der Waals surface area contributed by atoms with Crippen molar-refractivity contribution in [3.63, 3.8) is 0 Å². The second-order valence-electron chi connectivity index (χ2n) is 11.1. The number of ketones is 2. The summed E-state index contributed by atoms with van der Waals surface area (Å²) < 4.78 is 5.22. The SMILES string of the molecule is CN(C)[C@@H]1C(=O)C(C(N)=O)=C(O)[C@@]2(O)C(=O)C3=C(O)c4c(O)c(N)cc(-c5ccoc5)c4C[C@@]3(C)C[C@@]12C. The Hall–Kier alpha value is -4.09. The first-order valence-electron chi connectivity index (χ1n) is 11.9. The third-order valence-corrected chi connectivity index (χ3v) is 8.49. The van der Waals surface area contributed by atoms with Crippen molar-refractivity contribution in [1.29, 1.82) is 0 Å². The Morgan fingerprint density at radius 3 is 2.39 bits per heavy atom. The highest BCUT2D eigenvalue weighted by atomic mass is 16.4. The number of carbonyl (C=O) groups is 3. The summed E-state index contributed by atoms with van der Waals surface area (Å²) in [5, 5.41) is 45.5. The number of anilines is 1. The fourth-order valence-corrected chi connectivity index (χ4v) is 7.09. The number of likely N-dealkylation sites (N-methyl/N-ethyl adjacent to an activating group) is 1. The summed E-state index contributed by atoms with van der Waals surface area (Å²) in [5.41, 5.74) is 6.28. The van der Waals surface area contributed by atoms with Gasteiger partial charge in [-0.1, -0.05) is 13.8 Å². The molecule has 8 N–H and O–H groups in total. The number of hydrogen-bond acceptors (Lipinski definition) is 10. The average molecular weight is 524 g/mol. The number of amides is 1. The van der Waals surface area contributed by atoms with Crippen molar-refractivity contribution in [1.82, 2.24) is 4.90 Å². The molecule has 11 nitrogen and oxygen atoms in total. The molecule has 1 saturated carbocycles. The van der Waals surface area contributed by atoms with Gasteiger partial charge in [0.15, 0.2) is 11.4 Å². The number of rotatable bonds is 3. The summed E-state index contributed by atoms with van der Waals surface area (Å²) in [6, 6.07) is 2.02. The van der Waals surface area contributed by atoms with Crippen LogP contribution in [0.1, 0.15) is 31.4 Å². The van der Waals surface area contributed by atoms with Gasteiger partial charge >= 0.3 is 0 Å². The molecule has 1 amide bonds. The quantitative estimate of drug-likeness (QED) is 0.195. The van der Waals surface area contributed by atoms with Crippen molar-refractivity contribution < 1.29 is 39.2 Å². The minimum absolute atomic E-state index is 0.0581. The van der Waals surface area contributed by atoms with Crippen LogP contribution in [0, 0.1) is 10.8 Å². The molecule has 11 heteroatoms. The van der Waals surface area contributed by atoms with E-state index in [4.69, 9.17) is 15.9 Å². The van der Waals surface area contributed by atoms with Gasteiger partial charge in [-0.05, 0) is 50.2 Å². The molecule has 0 bridgehead atoms. The number of nitrogen functional groups attached to an aromatic ring is 1. The maximum atomic E-state index is 14.2. The molecule has 38 heavy (non-hydrogen) atoms. The Labute approximate surface area is 217 Å². The molecule has 1 aromatic heterocycles. The molecule has 1 fully saturated rings. The molecule has 0 radical (unpaired) electrons. The molecule has 3 aliphatic carbocycles. The zero-order valence-corrected chi connectivity index (χ0v) is 21.3. The zero-order valence-electron chi connectivity index (χ0n) is 21.3. The Morgan fingerprint density at radius 2 is 1.84 bits per heavy atom. The first-order valence-corrected chi connectivity index (χ1v) is 11.9. The average Bonchev–Trinajstić information content (AvgIpc) is 3.33. The van der Waals surface area contributed by atoms with Crippen LogP contribution in [0.15, 0.2) is 46.0 Å². The van der Waals surface area contributed by atoms with Crippen molar-refractivity contribution in [2.75, 3.05) is 19.8 Å². The molecular weight excluding hydrogens is 494 g/mol. The van der Waals surface area contributed by atoms with Crippen molar-refractivity contribution in [3.05, 3.63) is 52.7 Å². The monoisotopic (exact) mass is 523 g/mol. The Balaban J connectivity index is 1.86. The maximum Gasteiger partial charge on any atom is 0.255 e. The van der Waals surface area contributed by atoms with Crippen LogP contribution in [0.4, 0.5) is 5.69 Å². The molecule has 0 unspecified atom stereocenters. The van der Waals surface area contributed by atoms with Crippen LogP contribution in [-0.2, 0) is 20.8 Å². The van der Waals surface area contributed by atoms with E-state index in [1.165, 1.54) is 24.3 Å². The van der Waals surface area contributed by atoms with Crippen LogP contribution in [0.2, 0.25) is 0 Å². The van der Waals surface area contributed by atoms with Gasteiger partial charge in [-0.15, -0.1) is 0 Å². The molecule has 0 aliphatic heterocycles. The summed E-state index contributed by atoms with van der Waals surface area (Å²) in [6.07, 6.45) is 2.98. The molecule has 1 heterocycles. The molecule has 200 valence electrons. The van der Waals surface area contributed by atoms with Crippen LogP contribution >= 0.6 is 0 Å². The highest BCUT2D eigenvalue weighted by molar-refractivity contribution is 6.25. The van der Waals surface area contributed by atoms with Gasteiger partial charge in [-0.3, -0.25) is 19.3 Å². The number of carbonyl (C=O) groups excluding carboxylic acids is 3. The highest BCUT2D eigenvalue weighted by Gasteiger charge is 2.72. The van der Waals surface area contributed by atoms with Crippen LogP contribution in [-0.4, -0.2) is 68.5 Å². The van der Waals surface area contributed by atoms with E-state index in [1.807, 2.05) is 0 Å². The summed E-state index contributed by atoms with van der Waals surface area (Å²) in [7, 11) is 3.11. The van der Waals surface area contributed by atoms with Gasteiger partial charge in [0, 0.05) is 22.0 Å². The number of phenols is 1. The van der Waals surface area contributed by atoms with Gasteiger partial charge < -0.3 is 36.3 Å². The molecule has 4 atom stereocenters. The number of nitrogens with zero attached hydrogens (tertiary/aromatic N) is 1. The molecular formula is C27H29N3O8. The van der Waals surface area contributed by atoms with Gasteiger partial charge in [0.1, 0.15) is 22.8 Å². The predicted molar refractivity (Wildman–Crippen MR) is 136 cm³/mol. The number of fused-ring (bicyclic) bond motifs is 3. The number of aliphatic hydroxyl groups is 3. The smallest absolute Gasteiger partial charge is 0.255 e. The lowest BCUT2D eigenvalue weighted by atomic mass is 9.46. The Kier molecular flexibility index (Phi) is 5.19. The maximum absolute atomic E-state index is 14.2. The molecule has 1 aromatic carbocycles. The summed E-state index contributed by atoms with van der Waals surface area (Å²) in [4.78, 5) is 41.4. The first kappa shape index (κ1) is 25.6. The highest BCUT2D eigenvalue weighted by Crippen LogP contribution is 2.63. The standard InChI is InChI=1S/C27H29N3O8/c1-25-8-13-12(11-5-6-38-9-11)7-14(28)18(31)15(13)19(32)17(25)23(35)27(37)22(34)16(24(29)36)20(33)21(30(3)4)26(27,2)10-25/h5-7,9,21,31-32,34,37H,8,10,28H2,1-4H3,(H2,29,36)/t21-,25+,26+,27-/m1/s1. The Bertz CT molecular complexity index is 1500. The van der Waals surface area contributed by atoms with Crippen LogP contribution in [0.25, 0.3) is 16.9 Å². The number of benzene rings is 1. The lowest BCUT2D eigenvalue weighted by Gasteiger charge is -2.59.